The molecule has 8 nitrogen and oxygen atoms in total. The van der Waals surface area contributed by atoms with Crippen LogP contribution < -0.4 is 10.6 Å². The summed E-state index contributed by atoms with van der Waals surface area (Å²) >= 11 is 0. The Morgan fingerprint density at radius 3 is 2.71 bits per heavy atom. The van der Waals surface area contributed by atoms with Crippen molar-refractivity contribution < 1.29 is 9.59 Å². The summed E-state index contributed by atoms with van der Waals surface area (Å²) in [4.78, 5) is 35.2. The lowest BCUT2D eigenvalue weighted by Crippen LogP contribution is -2.52. The number of nitrogens with zero attached hydrogens (tertiary/aromatic N) is 4. The van der Waals surface area contributed by atoms with E-state index in [0.29, 0.717) is 25.9 Å². The van der Waals surface area contributed by atoms with Crippen LogP contribution in [0.4, 0.5) is 5.69 Å². The second-order valence-corrected chi connectivity index (χ2v) is 7.38. The first-order valence-electron chi connectivity index (χ1n) is 9.43. The molecule has 1 saturated carbocycles. The Morgan fingerprint density at radius 2 is 2.04 bits per heavy atom. The van der Waals surface area contributed by atoms with E-state index in [2.05, 4.69) is 20.9 Å². The maximum atomic E-state index is 12.5. The van der Waals surface area contributed by atoms with E-state index in [4.69, 9.17) is 11.0 Å². The second kappa shape index (κ2) is 7.35. The van der Waals surface area contributed by atoms with E-state index in [-0.39, 0.29) is 17.7 Å². The molecule has 1 saturated heterocycles. The van der Waals surface area contributed by atoms with Crippen LogP contribution >= 0.6 is 0 Å². The van der Waals surface area contributed by atoms with E-state index >= 15 is 0 Å². The Bertz CT molecular complexity index is 974. The second-order valence-electron chi connectivity index (χ2n) is 7.38. The van der Waals surface area contributed by atoms with Crippen molar-refractivity contribution >= 4 is 34.6 Å². The smallest absolute Gasteiger partial charge is 0.241 e. The van der Waals surface area contributed by atoms with Gasteiger partial charge in [-0.2, -0.15) is 5.26 Å². The number of hydrogen-bond donors (Lipinski definition) is 2. The highest BCUT2D eigenvalue weighted by molar-refractivity contribution is 5.95. The number of fused-ring (bicyclic) bond motifs is 1. The number of carbonyl (C=O) groups excluding carboxylic acids is 2. The van der Waals surface area contributed by atoms with Crippen molar-refractivity contribution in [1.82, 2.24) is 14.9 Å². The number of primary amides is 1. The molecule has 1 aliphatic carbocycles. The lowest BCUT2D eigenvalue weighted by atomic mass is 9.75. The highest BCUT2D eigenvalue weighted by atomic mass is 16.2. The molecule has 3 N–H and O–H groups in total. The summed E-state index contributed by atoms with van der Waals surface area (Å²) in [5, 5.41) is 9.80. The van der Waals surface area contributed by atoms with E-state index < -0.39 is 5.91 Å². The van der Waals surface area contributed by atoms with Crippen molar-refractivity contribution in [2.24, 2.45) is 17.6 Å². The van der Waals surface area contributed by atoms with Gasteiger partial charge in [-0.1, -0.05) is 0 Å². The molecule has 0 unspecified atom stereocenters. The van der Waals surface area contributed by atoms with Gasteiger partial charge in [0.2, 0.25) is 11.8 Å². The zero-order valence-electron chi connectivity index (χ0n) is 15.5. The van der Waals surface area contributed by atoms with E-state index in [1.54, 1.807) is 12.3 Å². The zero-order chi connectivity index (χ0) is 19.7. The van der Waals surface area contributed by atoms with Crippen LogP contribution in [0.2, 0.25) is 0 Å². The molecule has 1 aliphatic heterocycles. The van der Waals surface area contributed by atoms with Gasteiger partial charge in [-0.3, -0.25) is 9.59 Å². The lowest BCUT2D eigenvalue weighted by Gasteiger charge is -2.40. The molecule has 28 heavy (non-hydrogen) atoms. The molecule has 0 spiro atoms. The number of H-pyrrole nitrogens is 1. The number of rotatable bonds is 4. The molecule has 0 radical (unpaired) electrons. The highest BCUT2D eigenvalue weighted by Crippen LogP contribution is 2.34. The maximum absolute atomic E-state index is 12.5. The van der Waals surface area contributed by atoms with Gasteiger partial charge in [0.25, 0.3) is 0 Å². The Hall–Kier alpha value is -3.34. The quantitative estimate of drug-likeness (QED) is 0.776. The summed E-state index contributed by atoms with van der Waals surface area (Å²) < 4.78 is 0. The fourth-order valence-electron chi connectivity index (χ4n) is 3.86. The number of nitriles is 1. The van der Waals surface area contributed by atoms with Gasteiger partial charge < -0.3 is 20.5 Å². The van der Waals surface area contributed by atoms with Crippen LogP contribution in [0.1, 0.15) is 18.4 Å². The van der Waals surface area contributed by atoms with Gasteiger partial charge in [-0.05, 0) is 25.0 Å². The van der Waals surface area contributed by atoms with Gasteiger partial charge in [0, 0.05) is 61.2 Å². The fourth-order valence-corrected chi connectivity index (χ4v) is 3.86. The summed E-state index contributed by atoms with van der Waals surface area (Å²) in [5.41, 5.74) is 7.77. The number of carbonyl (C=O) groups is 2. The SMILES string of the molecule is N#C[C@H]1C[C@@H](C(=O)N2CCN(c3cnc4[nH]cc(/C=C/C(N)=O)c4c3)CC2)C1. The first-order valence-corrected chi connectivity index (χ1v) is 9.43. The molecule has 2 aromatic heterocycles. The van der Waals surface area contributed by atoms with Gasteiger partial charge in [-0.25, -0.2) is 4.98 Å². The van der Waals surface area contributed by atoms with Crippen LogP contribution in [0.15, 0.2) is 24.5 Å². The minimum absolute atomic E-state index is 0.0219. The number of piperazine rings is 1. The van der Waals surface area contributed by atoms with E-state index in [1.807, 2.05) is 17.2 Å². The number of aromatic amines is 1. The average molecular weight is 378 g/mol. The molecule has 8 heteroatoms. The molecular weight excluding hydrogens is 356 g/mol. The van der Waals surface area contributed by atoms with Crippen molar-refractivity contribution in [2.75, 3.05) is 31.1 Å². The predicted molar refractivity (Wildman–Crippen MR) is 105 cm³/mol. The van der Waals surface area contributed by atoms with Crippen molar-refractivity contribution in [3.63, 3.8) is 0 Å². The molecule has 2 fully saturated rings. The third-order valence-corrected chi connectivity index (χ3v) is 5.60. The third-order valence-electron chi connectivity index (χ3n) is 5.60. The minimum atomic E-state index is -0.494. The topological polar surface area (TPSA) is 119 Å². The van der Waals surface area contributed by atoms with Crippen molar-refractivity contribution in [2.45, 2.75) is 12.8 Å². The van der Waals surface area contributed by atoms with Crippen LogP contribution in [-0.4, -0.2) is 52.9 Å². The van der Waals surface area contributed by atoms with Crippen molar-refractivity contribution in [3.8, 4) is 6.07 Å². The van der Waals surface area contributed by atoms with Gasteiger partial charge in [0.05, 0.1) is 18.0 Å². The molecule has 4 rings (SSSR count). The molecule has 2 aromatic rings. The lowest BCUT2D eigenvalue weighted by molar-refractivity contribution is -0.139. The maximum Gasteiger partial charge on any atom is 0.241 e. The van der Waals surface area contributed by atoms with E-state index in [9.17, 15) is 9.59 Å². The highest BCUT2D eigenvalue weighted by Gasteiger charge is 2.37. The number of amides is 2. The van der Waals surface area contributed by atoms with Crippen LogP contribution in [-0.2, 0) is 9.59 Å². The normalized spacial score (nSPS) is 22.2. The molecule has 0 atom stereocenters. The molecule has 3 heterocycles. The van der Waals surface area contributed by atoms with Crippen LogP contribution in [0, 0.1) is 23.2 Å². The standard InChI is InChI=1S/C20H22N6O2/c21-10-13-7-15(8-13)20(28)26-5-3-25(4-6-26)16-9-17-14(1-2-18(22)27)11-23-19(17)24-12-16/h1-2,9,11-13,15H,3-8H2,(H2,22,27)(H,23,24)/b2-1+/t13-,15+. The monoisotopic (exact) mass is 378 g/mol. The van der Waals surface area contributed by atoms with Gasteiger partial charge in [0.1, 0.15) is 5.65 Å². The largest absolute Gasteiger partial charge is 0.367 e. The van der Waals surface area contributed by atoms with Crippen LogP contribution in [0.25, 0.3) is 17.1 Å². The molecular formula is C20H22N6O2. The van der Waals surface area contributed by atoms with Gasteiger partial charge >= 0.3 is 0 Å². The Labute approximate surface area is 162 Å². The fraction of sp³-hybridized carbons (Fsp3) is 0.400. The molecule has 0 bridgehead atoms. The third kappa shape index (κ3) is 3.43. The Kier molecular flexibility index (Phi) is 4.74. The zero-order valence-corrected chi connectivity index (χ0v) is 15.5. The molecule has 2 amide bonds. The van der Waals surface area contributed by atoms with Crippen molar-refractivity contribution in [3.05, 3.63) is 30.1 Å². The summed E-state index contributed by atoms with van der Waals surface area (Å²) in [6.45, 7) is 2.83. The number of anilines is 1. The summed E-state index contributed by atoms with van der Waals surface area (Å²) in [6, 6.07) is 4.27. The molecule has 144 valence electrons. The van der Waals surface area contributed by atoms with Crippen molar-refractivity contribution in [1.29, 1.82) is 5.26 Å². The number of nitrogens with one attached hydrogen (secondary N) is 1. The molecule has 0 aromatic carbocycles. The first kappa shape index (κ1) is 18.0. The van der Waals surface area contributed by atoms with E-state index in [1.165, 1.54) is 6.08 Å². The number of pyridine rings is 1. The summed E-state index contributed by atoms with van der Waals surface area (Å²) in [5.74, 6) is -0.239. The number of hydrogen-bond acceptors (Lipinski definition) is 5. The van der Waals surface area contributed by atoms with E-state index in [0.717, 1.165) is 35.4 Å². The van der Waals surface area contributed by atoms with Gasteiger partial charge in [0.15, 0.2) is 0 Å². The number of nitrogens with two attached hydrogens (primary N) is 1. The Balaban J connectivity index is 1.42. The summed E-state index contributed by atoms with van der Waals surface area (Å²) in [7, 11) is 0. The minimum Gasteiger partial charge on any atom is -0.367 e. The van der Waals surface area contributed by atoms with Crippen LogP contribution in [0.3, 0.4) is 0 Å². The predicted octanol–water partition coefficient (Wildman–Crippen LogP) is 1.26. The number of aromatic nitrogens is 2. The van der Waals surface area contributed by atoms with Gasteiger partial charge in [-0.15, -0.1) is 0 Å². The Morgan fingerprint density at radius 1 is 1.29 bits per heavy atom. The van der Waals surface area contributed by atoms with Crippen LogP contribution in [0.5, 0.6) is 0 Å². The first-order chi connectivity index (χ1) is 13.5. The molecule has 2 aliphatic rings. The average Bonchev–Trinajstić information content (AvgIpc) is 3.08. The summed E-state index contributed by atoms with van der Waals surface area (Å²) in [6.07, 6.45) is 8.02.